The lowest BCUT2D eigenvalue weighted by atomic mass is 10.1. The van der Waals surface area contributed by atoms with E-state index >= 15 is 0 Å². The number of likely N-dealkylation sites (tertiary alicyclic amines) is 1. The molecule has 2 aromatic carbocycles. The highest BCUT2D eigenvalue weighted by Gasteiger charge is 2.19. The first-order valence-corrected chi connectivity index (χ1v) is 8.64. The standard InChI is InChI=1S/C20H19ClN2O2/c21-18-9-2-1-6-15(18)10-11-19(24)22-17-8-5-7-16(14-17)20(25)23-12-3-4-13-23/h1-2,5-11,14H,3-4,12-13H2,(H,22,24)/b11-10+. The summed E-state index contributed by atoms with van der Waals surface area (Å²) in [7, 11) is 0. The Morgan fingerprint density at radius 3 is 2.56 bits per heavy atom. The highest BCUT2D eigenvalue weighted by atomic mass is 35.5. The maximum absolute atomic E-state index is 12.4. The minimum absolute atomic E-state index is 0.0141. The number of hydrogen-bond acceptors (Lipinski definition) is 2. The Hall–Kier alpha value is -2.59. The summed E-state index contributed by atoms with van der Waals surface area (Å²) in [6.07, 6.45) is 5.19. The van der Waals surface area contributed by atoms with E-state index in [1.54, 1.807) is 36.4 Å². The first-order chi connectivity index (χ1) is 12.1. The summed E-state index contributed by atoms with van der Waals surface area (Å²) in [5.41, 5.74) is 1.96. The molecule has 1 aliphatic rings. The second kappa shape index (κ2) is 7.99. The van der Waals surface area contributed by atoms with Gasteiger partial charge in [0.15, 0.2) is 0 Å². The van der Waals surface area contributed by atoms with E-state index < -0.39 is 0 Å². The molecule has 0 radical (unpaired) electrons. The van der Waals surface area contributed by atoms with Crippen LogP contribution in [0.25, 0.3) is 6.08 Å². The van der Waals surface area contributed by atoms with Crippen LogP contribution in [0.15, 0.2) is 54.6 Å². The zero-order valence-corrected chi connectivity index (χ0v) is 14.5. The van der Waals surface area contributed by atoms with Gasteiger partial charge in [0.25, 0.3) is 5.91 Å². The highest BCUT2D eigenvalue weighted by Crippen LogP contribution is 2.18. The minimum atomic E-state index is -0.273. The van der Waals surface area contributed by atoms with Crippen LogP contribution in [0.4, 0.5) is 5.69 Å². The predicted molar refractivity (Wildman–Crippen MR) is 101 cm³/mol. The summed E-state index contributed by atoms with van der Waals surface area (Å²) in [6.45, 7) is 1.60. The third kappa shape index (κ3) is 4.48. The van der Waals surface area contributed by atoms with Crippen LogP contribution in [-0.2, 0) is 4.79 Å². The molecule has 0 atom stereocenters. The Balaban J connectivity index is 1.66. The van der Waals surface area contributed by atoms with Gasteiger partial charge < -0.3 is 10.2 Å². The molecule has 5 heteroatoms. The maximum Gasteiger partial charge on any atom is 0.253 e. The lowest BCUT2D eigenvalue weighted by Gasteiger charge is -2.15. The quantitative estimate of drug-likeness (QED) is 0.835. The number of benzene rings is 2. The van der Waals surface area contributed by atoms with Crippen molar-refractivity contribution in [1.82, 2.24) is 4.90 Å². The van der Waals surface area contributed by atoms with Gasteiger partial charge in [-0.25, -0.2) is 0 Å². The fourth-order valence-corrected chi connectivity index (χ4v) is 2.99. The molecule has 3 rings (SSSR count). The van der Waals surface area contributed by atoms with Crippen LogP contribution in [-0.4, -0.2) is 29.8 Å². The van der Waals surface area contributed by atoms with Gasteiger partial charge in [-0.15, -0.1) is 0 Å². The molecule has 1 N–H and O–H groups in total. The summed E-state index contributed by atoms with van der Waals surface area (Å²) >= 11 is 6.06. The van der Waals surface area contributed by atoms with Gasteiger partial charge >= 0.3 is 0 Å². The van der Waals surface area contributed by atoms with Crippen molar-refractivity contribution in [1.29, 1.82) is 0 Å². The molecule has 1 fully saturated rings. The van der Waals surface area contributed by atoms with Crippen LogP contribution in [0.3, 0.4) is 0 Å². The molecule has 0 aliphatic carbocycles. The number of hydrogen-bond donors (Lipinski definition) is 1. The van der Waals surface area contributed by atoms with Gasteiger partial charge in [-0.3, -0.25) is 9.59 Å². The molecule has 128 valence electrons. The summed E-state index contributed by atoms with van der Waals surface area (Å²) in [5.74, 6) is -0.258. The van der Waals surface area contributed by atoms with Gasteiger partial charge in [-0.2, -0.15) is 0 Å². The minimum Gasteiger partial charge on any atom is -0.339 e. The fraction of sp³-hybridized carbons (Fsp3) is 0.200. The van der Waals surface area contributed by atoms with E-state index in [1.807, 2.05) is 23.1 Å². The Kier molecular flexibility index (Phi) is 5.51. The predicted octanol–water partition coefficient (Wildman–Crippen LogP) is 4.23. The molecular formula is C20H19ClN2O2. The second-order valence-electron chi connectivity index (χ2n) is 5.92. The van der Waals surface area contributed by atoms with Crippen molar-refractivity contribution in [3.63, 3.8) is 0 Å². The third-order valence-corrected chi connectivity index (χ3v) is 4.43. The molecule has 2 amide bonds. The van der Waals surface area contributed by atoms with Gasteiger partial charge in [0.05, 0.1) is 0 Å². The van der Waals surface area contributed by atoms with Crippen LogP contribution in [0.1, 0.15) is 28.8 Å². The average molecular weight is 355 g/mol. The zero-order valence-electron chi connectivity index (χ0n) is 13.7. The average Bonchev–Trinajstić information content (AvgIpc) is 3.15. The van der Waals surface area contributed by atoms with Crippen LogP contribution in [0, 0.1) is 0 Å². The number of halogens is 1. The van der Waals surface area contributed by atoms with Crippen molar-refractivity contribution in [3.8, 4) is 0 Å². The van der Waals surface area contributed by atoms with Gasteiger partial charge in [0, 0.05) is 35.4 Å². The zero-order chi connectivity index (χ0) is 17.6. The molecule has 0 saturated carbocycles. The Morgan fingerprint density at radius 1 is 1.04 bits per heavy atom. The summed E-state index contributed by atoms with van der Waals surface area (Å²) in [6, 6.07) is 14.3. The molecule has 0 unspecified atom stereocenters. The largest absolute Gasteiger partial charge is 0.339 e. The lowest BCUT2D eigenvalue weighted by Crippen LogP contribution is -2.27. The normalized spacial score (nSPS) is 14.0. The smallest absolute Gasteiger partial charge is 0.253 e. The van der Waals surface area contributed by atoms with Crippen molar-refractivity contribution in [2.75, 3.05) is 18.4 Å². The molecule has 1 saturated heterocycles. The first kappa shape index (κ1) is 17.2. The SMILES string of the molecule is O=C(/C=C/c1ccccc1Cl)Nc1cccc(C(=O)N2CCCC2)c1. The lowest BCUT2D eigenvalue weighted by molar-refractivity contribution is -0.111. The Morgan fingerprint density at radius 2 is 1.80 bits per heavy atom. The van der Waals surface area contributed by atoms with E-state index in [9.17, 15) is 9.59 Å². The number of carbonyl (C=O) groups is 2. The number of nitrogens with zero attached hydrogens (tertiary/aromatic N) is 1. The molecule has 1 aliphatic heterocycles. The van der Waals surface area contributed by atoms with Crippen molar-refractivity contribution in [2.45, 2.75) is 12.8 Å². The maximum atomic E-state index is 12.4. The molecule has 0 bridgehead atoms. The fourth-order valence-electron chi connectivity index (χ4n) is 2.79. The van der Waals surface area contributed by atoms with E-state index in [4.69, 9.17) is 11.6 Å². The van der Waals surface area contributed by atoms with E-state index in [0.29, 0.717) is 16.3 Å². The number of rotatable bonds is 4. The van der Waals surface area contributed by atoms with Gasteiger partial charge in [-0.05, 0) is 48.7 Å². The summed E-state index contributed by atoms with van der Waals surface area (Å²) in [5, 5.41) is 3.37. The first-order valence-electron chi connectivity index (χ1n) is 8.26. The number of nitrogens with one attached hydrogen (secondary N) is 1. The molecule has 4 nitrogen and oxygen atoms in total. The monoisotopic (exact) mass is 354 g/mol. The summed E-state index contributed by atoms with van der Waals surface area (Å²) in [4.78, 5) is 26.4. The van der Waals surface area contributed by atoms with Crippen LogP contribution in [0.2, 0.25) is 5.02 Å². The van der Waals surface area contributed by atoms with E-state index in [2.05, 4.69) is 5.32 Å². The van der Waals surface area contributed by atoms with Gasteiger partial charge in [-0.1, -0.05) is 35.9 Å². The van der Waals surface area contributed by atoms with Gasteiger partial charge in [0.2, 0.25) is 5.91 Å². The second-order valence-corrected chi connectivity index (χ2v) is 6.33. The van der Waals surface area contributed by atoms with Crippen molar-refractivity contribution < 1.29 is 9.59 Å². The molecule has 25 heavy (non-hydrogen) atoms. The Labute approximate surface area is 152 Å². The highest BCUT2D eigenvalue weighted by molar-refractivity contribution is 6.32. The Bertz CT molecular complexity index is 811. The van der Waals surface area contributed by atoms with Gasteiger partial charge in [0.1, 0.15) is 0 Å². The van der Waals surface area contributed by atoms with Crippen molar-refractivity contribution in [3.05, 3.63) is 70.8 Å². The number of amides is 2. The molecule has 1 heterocycles. The topological polar surface area (TPSA) is 49.4 Å². The summed E-state index contributed by atoms with van der Waals surface area (Å²) < 4.78 is 0. The van der Waals surface area contributed by atoms with Crippen LogP contribution in [0.5, 0.6) is 0 Å². The van der Waals surface area contributed by atoms with Crippen molar-refractivity contribution >= 4 is 35.2 Å². The van der Waals surface area contributed by atoms with Crippen molar-refractivity contribution in [2.24, 2.45) is 0 Å². The molecule has 2 aromatic rings. The van der Waals surface area contributed by atoms with E-state index in [0.717, 1.165) is 31.5 Å². The van der Waals surface area contributed by atoms with E-state index in [1.165, 1.54) is 6.08 Å². The van der Waals surface area contributed by atoms with Crippen LogP contribution < -0.4 is 5.32 Å². The number of anilines is 1. The molecule has 0 aromatic heterocycles. The number of carbonyl (C=O) groups excluding carboxylic acids is 2. The third-order valence-electron chi connectivity index (χ3n) is 4.09. The molecule has 0 spiro atoms. The van der Waals surface area contributed by atoms with E-state index in [-0.39, 0.29) is 11.8 Å². The van der Waals surface area contributed by atoms with Crippen LogP contribution >= 0.6 is 11.6 Å². The molecular weight excluding hydrogens is 336 g/mol.